The summed E-state index contributed by atoms with van der Waals surface area (Å²) in [5.41, 5.74) is 14.8. The lowest BCUT2D eigenvalue weighted by Gasteiger charge is -2.24. The first kappa shape index (κ1) is 25.6. The molecule has 4 N–H and O–H groups in total. The van der Waals surface area contributed by atoms with E-state index in [2.05, 4.69) is 77.7 Å². The lowest BCUT2D eigenvalue weighted by molar-refractivity contribution is 0.249. The highest BCUT2D eigenvalue weighted by Gasteiger charge is 2.10. The summed E-state index contributed by atoms with van der Waals surface area (Å²) in [5, 5.41) is 0. The molecule has 0 aliphatic rings. The number of unbranched alkanes of at least 4 members (excludes halogenated alkanes) is 2. The minimum atomic E-state index is 0.203. The number of rotatable bonds is 16. The van der Waals surface area contributed by atoms with Crippen molar-refractivity contribution in [3.05, 3.63) is 93.7 Å². The van der Waals surface area contributed by atoms with Crippen molar-refractivity contribution in [2.75, 3.05) is 19.6 Å². The van der Waals surface area contributed by atoms with E-state index in [4.69, 9.17) is 11.5 Å². The fourth-order valence-corrected chi connectivity index (χ4v) is 5.35. The van der Waals surface area contributed by atoms with Gasteiger partial charge in [0.25, 0.3) is 0 Å². The van der Waals surface area contributed by atoms with Crippen LogP contribution in [0.2, 0.25) is 0 Å². The van der Waals surface area contributed by atoms with Crippen molar-refractivity contribution in [3.8, 4) is 0 Å². The van der Waals surface area contributed by atoms with Gasteiger partial charge < -0.3 is 11.5 Å². The van der Waals surface area contributed by atoms with Gasteiger partial charge in [-0.2, -0.15) is 0 Å². The molecule has 4 heteroatoms. The van der Waals surface area contributed by atoms with Crippen molar-refractivity contribution < 1.29 is 0 Å². The van der Waals surface area contributed by atoms with Gasteiger partial charge in [0.05, 0.1) is 0 Å². The van der Waals surface area contributed by atoms with E-state index in [1.165, 1.54) is 53.0 Å². The number of aryl methyl sites for hydroxylation is 2. The van der Waals surface area contributed by atoms with Gasteiger partial charge in [0.2, 0.25) is 0 Å². The summed E-state index contributed by atoms with van der Waals surface area (Å²) in [5.74, 6) is 0. The summed E-state index contributed by atoms with van der Waals surface area (Å²) >= 11 is 1.99. The predicted molar refractivity (Wildman–Crippen MR) is 144 cm³/mol. The summed E-state index contributed by atoms with van der Waals surface area (Å²) in [6, 6.07) is 26.3. The van der Waals surface area contributed by atoms with Gasteiger partial charge in [0, 0.05) is 22.3 Å². The Labute approximate surface area is 204 Å². The quantitative estimate of drug-likeness (QED) is 0.263. The highest BCUT2D eigenvalue weighted by atomic mass is 32.1. The number of nitrogens with zero attached hydrogens (tertiary/aromatic N) is 1. The number of thiophene rings is 1. The molecular formula is C29H41N3S. The van der Waals surface area contributed by atoms with Crippen molar-refractivity contribution in [2.45, 2.75) is 64.0 Å². The van der Waals surface area contributed by atoms with E-state index in [0.29, 0.717) is 0 Å². The molecule has 0 unspecified atom stereocenters. The average Bonchev–Trinajstić information content (AvgIpc) is 3.29. The Balaban J connectivity index is 1.43. The molecule has 0 radical (unpaired) electrons. The maximum absolute atomic E-state index is 6.49. The third kappa shape index (κ3) is 10.2. The van der Waals surface area contributed by atoms with Crippen LogP contribution in [0.1, 0.15) is 53.0 Å². The SMILES string of the molecule is NCCCCc1ccc(CCCCN(CC[C@@H](N)Cc2ccccc2)Cc2ccccc2)s1. The monoisotopic (exact) mass is 463 g/mol. The second-order valence-electron chi connectivity index (χ2n) is 9.07. The third-order valence-electron chi connectivity index (χ3n) is 6.15. The fraction of sp³-hybridized carbons (Fsp3) is 0.448. The molecule has 178 valence electrons. The van der Waals surface area contributed by atoms with Crippen LogP contribution in [0.25, 0.3) is 0 Å². The summed E-state index contributed by atoms with van der Waals surface area (Å²) in [7, 11) is 0. The zero-order valence-electron chi connectivity index (χ0n) is 20.0. The zero-order valence-corrected chi connectivity index (χ0v) is 20.8. The Bertz CT molecular complexity index is 878. The Morgan fingerprint density at radius 2 is 1.30 bits per heavy atom. The van der Waals surface area contributed by atoms with Crippen LogP contribution in [0.4, 0.5) is 0 Å². The van der Waals surface area contributed by atoms with E-state index in [1.54, 1.807) is 0 Å². The van der Waals surface area contributed by atoms with Crippen molar-refractivity contribution in [3.63, 3.8) is 0 Å². The maximum atomic E-state index is 6.49. The van der Waals surface area contributed by atoms with E-state index in [-0.39, 0.29) is 6.04 Å². The fourth-order valence-electron chi connectivity index (χ4n) is 4.25. The first-order valence-corrected chi connectivity index (χ1v) is 13.4. The minimum absolute atomic E-state index is 0.203. The first-order chi connectivity index (χ1) is 16.2. The Morgan fingerprint density at radius 1 is 0.697 bits per heavy atom. The summed E-state index contributed by atoms with van der Waals surface area (Å²) < 4.78 is 0. The molecular weight excluding hydrogens is 422 g/mol. The predicted octanol–water partition coefficient (Wildman–Crippen LogP) is 5.81. The Morgan fingerprint density at radius 3 is 1.94 bits per heavy atom. The molecule has 0 saturated carbocycles. The van der Waals surface area contributed by atoms with E-state index in [9.17, 15) is 0 Å². The van der Waals surface area contributed by atoms with Crippen molar-refractivity contribution in [2.24, 2.45) is 11.5 Å². The van der Waals surface area contributed by atoms with Crippen LogP contribution in [0.5, 0.6) is 0 Å². The van der Waals surface area contributed by atoms with Crippen LogP contribution in [0.3, 0.4) is 0 Å². The van der Waals surface area contributed by atoms with E-state index in [0.717, 1.165) is 45.4 Å². The molecule has 0 fully saturated rings. The molecule has 1 aromatic heterocycles. The number of nitrogens with two attached hydrogens (primary N) is 2. The van der Waals surface area contributed by atoms with Crippen LogP contribution < -0.4 is 11.5 Å². The number of benzene rings is 2. The molecule has 33 heavy (non-hydrogen) atoms. The van der Waals surface area contributed by atoms with E-state index < -0.39 is 0 Å². The Kier molecular flexibility index (Phi) is 11.7. The van der Waals surface area contributed by atoms with Gasteiger partial charge in [0.1, 0.15) is 0 Å². The molecule has 1 atom stereocenters. The lowest BCUT2D eigenvalue weighted by atomic mass is 10.0. The Hall–Kier alpha value is -1.98. The topological polar surface area (TPSA) is 55.3 Å². The molecule has 3 rings (SSSR count). The summed E-state index contributed by atoms with van der Waals surface area (Å²) in [4.78, 5) is 5.63. The molecule has 3 nitrogen and oxygen atoms in total. The van der Waals surface area contributed by atoms with Crippen LogP contribution in [-0.4, -0.2) is 30.6 Å². The second-order valence-corrected chi connectivity index (χ2v) is 10.3. The van der Waals surface area contributed by atoms with E-state index >= 15 is 0 Å². The zero-order chi connectivity index (χ0) is 23.1. The van der Waals surface area contributed by atoms with Crippen LogP contribution >= 0.6 is 11.3 Å². The minimum Gasteiger partial charge on any atom is -0.330 e. The molecule has 0 spiro atoms. The normalized spacial score (nSPS) is 12.3. The molecule has 0 bridgehead atoms. The lowest BCUT2D eigenvalue weighted by Crippen LogP contribution is -2.32. The first-order valence-electron chi connectivity index (χ1n) is 12.6. The van der Waals surface area contributed by atoms with Gasteiger partial charge in [-0.25, -0.2) is 0 Å². The maximum Gasteiger partial charge on any atom is 0.0233 e. The van der Waals surface area contributed by atoms with Gasteiger partial charge in [-0.05, 0) is 94.3 Å². The molecule has 0 amide bonds. The van der Waals surface area contributed by atoms with Crippen molar-refractivity contribution in [1.82, 2.24) is 4.90 Å². The third-order valence-corrected chi connectivity index (χ3v) is 7.35. The highest BCUT2D eigenvalue weighted by molar-refractivity contribution is 7.11. The number of hydrogen-bond donors (Lipinski definition) is 2. The van der Waals surface area contributed by atoms with Gasteiger partial charge in [-0.1, -0.05) is 60.7 Å². The standard InChI is InChI=1S/C29H41N3S/c30-20-9-7-15-28-17-18-29(33-28)16-8-10-21-32(24-26-13-5-2-6-14-26)22-19-27(31)23-25-11-3-1-4-12-25/h1-6,11-14,17-18,27H,7-10,15-16,19-24,30-31H2/t27-/m1/s1. The smallest absolute Gasteiger partial charge is 0.0233 e. The van der Waals surface area contributed by atoms with Crippen molar-refractivity contribution >= 4 is 11.3 Å². The summed E-state index contributed by atoms with van der Waals surface area (Å²) in [6.45, 7) is 3.98. The largest absolute Gasteiger partial charge is 0.330 e. The number of hydrogen-bond acceptors (Lipinski definition) is 4. The molecule has 0 aliphatic carbocycles. The van der Waals surface area contributed by atoms with E-state index in [1.807, 2.05) is 11.3 Å². The van der Waals surface area contributed by atoms with Crippen LogP contribution in [-0.2, 0) is 25.8 Å². The average molecular weight is 464 g/mol. The molecule has 3 aromatic rings. The molecule has 2 aromatic carbocycles. The van der Waals surface area contributed by atoms with Crippen LogP contribution in [0.15, 0.2) is 72.8 Å². The molecule has 1 heterocycles. The van der Waals surface area contributed by atoms with Gasteiger partial charge in [-0.3, -0.25) is 4.90 Å². The van der Waals surface area contributed by atoms with Gasteiger partial charge in [-0.15, -0.1) is 11.3 Å². The van der Waals surface area contributed by atoms with Crippen molar-refractivity contribution in [1.29, 1.82) is 0 Å². The van der Waals surface area contributed by atoms with Crippen LogP contribution in [0, 0.1) is 0 Å². The van der Waals surface area contributed by atoms with Gasteiger partial charge in [0.15, 0.2) is 0 Å². The molecule has 0 saturated heterocycles. The second kappa shape index (κ2) is 15.0. The van der Waals surface area contributed by atoms with Gasteiger partial charge >= 0.3 is 0 Å². The molecule has 0 aliphatic heterocycles. The highest BCUT2D eigenvalue weighted by Crippen LogP contribution is 2.20. The summed E-state index contributed by atoms with van der Waals surface area (Å²) in [6.07, 6.45) is 9.14.